The zero-order chi connectivity index (χ0) is 20.6. The molecule has 0 unspecified atom stereocenters. The molecule has 0 spiro atoms. The average molecular weight is 394 g/mol. The van der Waals surface area contributed by atoms with Gasteiger partial charge >= 0.3 is 0 Å². The Morgan fingerprint density at radius 3 is 2.31 bits per heavy atom. The Morgan fingerprint density at radius 2 is 1.66 bits per heavy atom. The van der Waals surface area contributed by atoms with Crippen LogP contribution in [0.1, 0.15) is 22.5 Å². The van der Waals surface area contributed by atoms with Gasteiger partial charge in [-0.3, -0.25) is 9.58 Å². The van der Waals surface area contributed by atoms with E-state index in [1.54, 1.807) is 7.11 Å². The lowest BCUT2D eigenvalue weighted by Crippen LogP contribution is -2.34. The first-order chi connectivity index (χ1) is 14.1. The van der Waals surface area contributed by atoms with E-state index in [0.29, 0.717) is 6.61 Å². The maximum atomic E-state index is 5.86. The van der Waals surface area contributed by atoms with Crippen molar-refractivity contribution >= 4 is 0 Å². The summed E-state index contributed by atoms with van der Waals surface area (Å²) in [5, 5.41) is 4.77. The zero-order valence-corrected chi connectivity index (χ0v) is 17.8. The minimum Gasteiger partial charge on any atom is -0.491 e. The van der Waals surface area contributed by atoms with Gasteiger partial charge in [-0.1, -0.05) is 48.5 Å². The number of nitrogens with zero attached hydrogens (tertiary/aromatic N) is 3. The molecule has 5 heteroatoms. The quantitative estimate of drug-likeness (QED) is 0.520. The SMILES string of the molecule is CO[C@@H](COc1ccccc1)CN(C)Cc1c(C)nn(Cc2ccccc2)c1C. The lowest BCUT2D eigenvalue weighted by molar-refractivity contribution is 0.0335. The molecular formula is C24H31N3O2. The summed E-state index contributed by atoms with van der Waals surface area (Å²) in [5.74, 6) is 0.867. The number of hydrogen-bond acceptors (Lipinski definition) is 4. The highest BCUT2D eigenvalue weighted by molar-refractivity contribution is 5.26. The molecule has 1 atom stereocenters. The number of methoxy groups -OCH3 is 1. The third kappa shape index (κ3) is 5.92. The number of ether oxygens (including phenoxy) is 2. The van der Waals surface area contributed by atoms with Crippen LogP contribution in [0.15, 0.2) is 60.7 Å². The van der Waals surface area contributed by atoms with Crippen molar-refractivity contribution in [2.75, 3.05) is 27.3 Å². The molecule has 0 aliphatic rings. The fourth-order valence-electron chi connectivity index (χ4n) is 3.46. The van der Waals surface area contributed by atoms with Gasteiger partial charge in [0, 0.05) is 31.5 Å². The fourth-order valence-corrected chi connectivity index (χ4v) is 3.46. The average Bonchev–Trinajstić information content (AvgIpc) is 3.00. The fraction of sp³-hybridized carbons (Fsp3) is 0.375. The molecule has 0 saturated carbocycles. The third-order valence-electron chi connectivity index (χ3n) is 5.16. The Morgan fingerprint density at radius 1 is 1.00 bits per heavy atom. The highest BCUT2D eigenvalue weighted by Gasteiger charge is 2.17. The second kappa shape index (κ2) is 10.2. The summed E-state index contributed by atoms with van der Waals surface area (Å²) in [5.41, 5.74) is 4.84. The normalized spacial score (nSPS) is 12.3. The predicted octanol–water partition coefficient (Wildman–Crippen LogP) is 4.07. The summed E-state index contributed by atoms with van der Waals surface area (Å²) < 4.78 is 13.6. The zero-order valence-electron chi connectivity index (χ0n) is 17.8. The van der Waals surface area contributed by atoms with Crippen molar-refractivity contribution in [1.82, 2.24) is 14.7 Å². The highest BCUT2D eigenvalue weighted by atomic mass is 16.5. The second-order valence-electron chi connectivity index (χ2n) is 7.47. The van der Waals surface area contributed by atoms with E-state index >= 15 is 0 Å². The minimum absolute atomic E-state index is 0.000169. The topological polar surface area (TPSA) is 39.5 Å². The Kier molecular flexibility index (Phi) is 7.44. The molecule has 0 aliphatic heterocycles. The summed E-state index contributed by atoms with van der Waals surface area (Å²) in [4.78, 5) is 2.27. The summed E-state index contributed by atoms with van der Waals surface area (Å²) >= 11 is 0. The van der Waals surface area contributed by atoms with Gasteiger partial charge in [0.05, 0.1) is 12.2 Å². The number of rotatable bonds is 10. The minimum atomic E-state index is 0.000169. The number of para-hydroxylation sites is 1. The molecule has 3 rings (SSSR count). The second-order valence-corrected chi connectivity index (χ2v) is 7.47. The lowest BCUT2D eigenvalue weighted by atomic mass is 10.1. The summed E-state index contributed by atoms with van der Waals surface area (Å²) in [6.07, 6.45) is 0.000169. The van der Waals surface area contributed by atoms with Gasteiger partial charge in [-0.05, 0) is 38.6 Å². The maximum absolute atomic E-state index is 5.86. The van der Waals surface area contributed by atoms with Gasteiger partial charge in [-0.25, -0.2) is 0 Å². The molecule has 0 N–H and O–H groups in total. The molecule has 0 bridgehead atoms. The van der Waals surface area contributed by atoms with Gasteiger partial charge in [-0.2, -0.15) is 5.10 Å². The van der Waals surface area contributed by atoms with E-state index in [4.69, 9.17) is 14.6 Å². The summed E-state index contributed by atoms with van der Waals surface area (Å²) in [6, 6.07) is 20.3. The molecular weight excluding hydrogens is 362 g/mol. The number of benzene rings is 2. The monoisotopic (exact) mass is 393 g/mol. The Balaban J connectivity index is 1.58. The van der Waals surface area contributed by atoms with Crippen molar-refractivity contribution in [2.45, 2.75) is 33.0 Å². The van der Waals surface area contributed by atoms with Gasteiger partial charge < -0.3 is 9.47 Å². The lowest BCUT2D eigenvalue weighted by Gasteiger charge is -2.23. The molecule has 1 heterocycles. The summed E-state index contributed by atoms with van der Waals surface area (Å²) in [7, 11) is 3.85. The van der Waals surface area contributed by atoms with Gasteiger partial charge in [0.15, 0.2) is 0 Å². The summed E-state index contributed by atoms with van der Waals surface area (Å²) in [6.45, 7) is 7.17. The van der Waals surface area contributed by atoms with E-state index in [-0.39, 0.29) is 6.10 Å². The van der Waals surface area contributed by atoms with E-state index in [2.05, 4.69) is 54.7 Å². The van der Waals surface area contributed by atoms with E-state index in [1.165, 1.54) is 16.8 Å². The van der Waals surface area contributed by atoms with Crippen molar-refractivity contribution in [2.24, 2.45) is 0 Å². The third-order valence-corrected chi connectivity index (χ3v) is 5.16. The van der Waals surface area contributed by atoms with E-state index in [1.807, 2.05) is 36.4 Å². The van der Waals surface area contributed by atoms with Crippen LogP contribution in [0.3, 0.4) is 0 Å². The molecule has 29 heavy (non-hydrogen) atoms. The van der Waals surface area contributed by atoms with Crippen LogP contribution in [-0.2, 0) is 17.8 Å². The van der Waals surface area contributed by atoms with Crippen molar-refractivity contribution in [3.63, 3.8) is 0 Å². The van der Waals surface area contributed by atoms with Crippen molar-refractivity contribution < 1.29 is 9.47 Å². The van der Waals surface area contributed by atoms with Gasteiger partial charge in [0.2, 0.25) is 0 Å². The molecule has 154 valence electrons. The predicted molar refractivity (Wildman–Crippen MR) is 116 cm³/mol. The van der Waals surface area contributed by atoms with Gasteiger partial charge in [0.25, 0.3) is 0 Å². The number of likely N-dealkylation sites (N-methyl/N-ethyl adjacent to an activating group) is 1. The maximum Gasteiger partial charge on any atom is 0.119 e. The molecule has 0 aliphatic carbocycles. The molecule has 0 fully saturated rings. The van der Waals surface area contributed by atoms with E-state index < -0.39 is 0 Å². The van der Waals surface area contributed by atoms with Crippen molar-refractivity contribution in [3.8, 4) is 5.75 Å². The van der Waals surface area contributed by atoms with Gasteiger partial charge in [0.1, 0.15) is 18.5 Å². The van der Waals surface area contributed by atoms with Crippen LogP contribution in [0.4, 0.5) is 0 Å². The Hall–Kier alpha value is -2.63. The first-order valence-corrected chi connectivity index (χ1v) is 10.0. The van der Waals surface area contributed by atoms with Crippen molar-refractivity contribution in [3.05, 3.63) is 83.2 Å². The van der Waals surface area contributed by atoms with Crippen LogP contribution in [0.2, 0.25) is 0 Å². The molecule has 5 nitrogen and oxygen atoms in total. The van der Waals surface area contributed by atoms with Crippen molar-refractivity contribution in [1.29, 1.82) is 0 Å². The van der Waals surface area contributed by atoms with E-state index in [9.17, 15) is 0 Å². The Labute approximate surface area is 173 Å². The molecule has 0 saturated heterocycles. The number of aromatic nitrogens is 2. The van der Waals surface area contributed by atoms with Crippen LogP contribution in [0, 0.1) is 13.8 Å². The standard InChI is InChI=1S/C24H31N3O2/c1-19-24(20(2)27(25-19)15-21-11-7-5-8-12-21)17-26(3)16-23(28-4)18-29-22-13-9-6-10-14-22/h5-14,23H,15-18H2,1-4H3/t23-/m1/s1. The number of aryl methyl sites for hydroxylation is 1. The molecule has 3 aromatic rings. The Bertz CT molecular complexity index is 878. The molecule has 0 radical (unpaired) electrons. The number of hydrogen-bond donors (Lipinski definition) is 0. The largest absolute Gasteiger partial charge is 0.491 e. The first kappa shape index (κ1) is 21.1. The van der Waals surface area contributed by atoms with Crippen LogP contribution in [0.25, 0.3) is 0 Å². The highest BCUT2D eigenvalue weighted by Crippen LogP contribution is 2.17. The molecule has 0 amide bonds. The van der Waals surface area contributed by atoms with Crippen LogP contribution in [-0.4, -0.2) is 48.1 Å². The van der Waals surface area contributed by atoms with Crippen LogP contribution in [0.5, 0.6) is 5.75 Å². The molecule has 1 aromatic heterocycles. The van der Waals surface area contributed by atoms with E-state index in [0.717, 1.165) is 31.1 Å². The smallest absolute Gasteiger partial charge is 0.119 e. The first-order valence-electron chi connectivity index (χ1n) is 10.0. The van der Waals surface area contributed by atoms with Crippen LogP contribution >= 0.6 is 0 Å². The van der Waals surface area contributed by atoms with Gasteiger partial charge in [-0.15, -0.1) is 0 Å². The van der Waals surface area contributed by atoms with Crippen LogP contribution < -0.4 is 4.74 Å². The molecule has 2 aromatic carbocycles.